The third-order valence-electron chi connectivity index (χ3n) is 5.15. The molecule has 0 radical (unpaired) electrons. The Bertz CT molecular complexity index is 208. The van der Waals surface area contributed by atoms with Crippen LogP contribution in [0, 0.1) is 0 Å². The summed E-state index contributed by atoms with van der Waals surface area (Å²) in [5.74, 6) is 1.43. The van der Waals surface area contributed by atoms with Crippen molar-refractivity contribution < 1.29 is 0 Å². The van der Waals surface area contributed by atoms with E-state index in [1.165, 1.54) is 121 Å². The van der Waals surface area contributed by atoms with Gasteiger partial charge in [0.1, 0.15) is 0 Å². The van der Waals surface area contributed by atoms with Crippen molar-refractivity contribution in [1.82, 2.24) is 0 Å². The zero-order chi connectivity index (χ0) is 15.7. The minimum absolute atomic E-state index is 1.02. The SMILES string of the molecule is CCCCCCCCCCCCCCCSC1CCCCC1. The maximum atomic E-state index is 2.30. The lowest BCUT2D eigenvalue weighted by Gasteiger charge is -2.20. The fraction of sp³-hybridized carbons (Fsp3) is 1.00. The minimum Gasteiger partial charge on any atom is -0.159 e. The zero-order valence-corrected chi connectivity index (χ0v) is 16.2. The highest BCUT2D eigenvalue weighted by atomic mass is 32.2. The van der Waals surface area contributed by atoms with E-state index in [9.17, 15) is 0 Å². The molecule has 1 saturated carbocycles. The van der Waals surface area contributed by atoms with Gasteiger partial charge in [-0.3, -0.25) is 0 Å². The van der Waals surface area contributed by atoms with E-state index in [1.54, 1.807) is 0 Å². The molecule has 0 amide bonds. The van der Waals surface area contributed by atoms with Crippen LogP contribution in [-0.4, -0.2) is 11.0 Å². The molecule has 1 aliphatic rings. The van der Waals surface area contributed by atoms with Crippen LogP contribution in [0.25, 0.3) is 0 Å². The molecule has 0 aromatic carbocycles. The van der Waals surface area contributed by atoms with Crippen molar-refractivity contribution in [2.24, 2.45) is 0 Å². The lowest BCUT2D eigenvalue weighted by molar-refractivity contribution is 0.515. The molecular formula is C21H42S. The second-order valence-corrected chi connectivity index (χ2v) is 8.78. The fourth-order valence-corrected chi connectivity index (χ4v) is 4.97. The second kappa shape index (κ2) is 16.2. The van der Waals surface area contributed by atoms with Crippen molar-refractivity contribution in [3.63, 3.8) is 0 Å². The smallest absolute Gasteiger partial charge is 0.00470 e. The maximum Gasteiger partial charge on any atom is 0.00470 e. The molecular weight excluding hydrogens is 284 g/mol. The third-order valence-corrected chi connectivity index (χ3v) is 6.62. The van der Waals surface area contributed by atoms with E-state index in [0.717, 1.165) is 5.25 Å². The van der Waals surface area contributed by atoms with Crippen molar-refractivity contribution >= 4 is 11.8 Å². The Balaban J connectivity index is 1.68. The van der Waals surface area contributed by atoms with E-state index in [2.05, 4.69) is 18.7 Å². The van der Waals surface area contributed by atoms with Crippen LogP contribution in [0.2, 0.25) is 0 Å². The van der Waals surface area contributed by atoms with E-state index >= 15 is 0 Å². The molecule has 1 fully saturated rings. The van der Waals surface area contributed by atoms with Gasteiger partial charge in [-0.2, -0.15) is 11.8 Å². The summed E-state index contributed by atoms with van der Waals surface area (Å²) in [6, 6.07) is 0. The molecule has 1 aliphatic carbocycles. The molecule has 0 saturated heterocycles. The van der Waals surface area contributed by atoms with Crippen LogP contribution in [0.3, 0.4) is 0 Å². The quantitative estimate of drug-likeness (QED) is 0.274. The number of rotatable bonds is 15. The van der Waals surface area contributed by atoms with Crippen LogP contribution in [-0.2, 0) is 0 Å². The Morgan fingerprint density at radius 3 is 1.55 bits per heavy atom. The number of hydrogen-bond acceptors (Lipinski definition) is 1. The van der Waals surface area contributed by atoms with Crippen LogP contribution in [0.4, 0.5) is 0 Å². The Kier molecular flexibility index (Phi) is 15.0. The van der Waals surface area contributed by atoms with Gasteiger partial charge in [0.05, 0.1) is 0 Å². The average molecular weight is 327 g/mol. The minimum atomic E-state index is 1.02. The van der Waals surface area contributed by atoms with Gasteiger partial charge in [0.25, 0.3) is 0 Å². The van der Waals surface area contributed by atoms with Gasteiger partial charge >= 0.3 is 0 Å². The monoisotopic (exact) mass is 326 g/mol. The molecule has 0 aliphatic heterocycles. The van der Waals surface area contributed by atoms with Crippen LogP contribution in [0.5, 0.6) is 0 Å². The third kappa shape index (κ3) is 12.9. The summed E-state index contributed by atoms with van der Waals surface area (Å²) in [5, 5.41) is 1.02. The van der Waals surface area contributed by atoms with Gasteiger partial charge in [0.2, 0.25) is 0 Å². The summed E-state index contributed by atoms with van der Waals surface area (Å²) in [6.45, 7) is 2.30. The molecule has 0 aromatic heterocycles. The lowest BCUT2D eigenvalue weighted by Crippen LogP contribution is -2.08. The molecule has 0 spiro atoms. The average Bonchev–Trinajstić information content (AvgIpc) is 2.56. The van der Waals surface area contributed by atoms with Gasteiger partial charge in [-0.1, -0.05) is 103 Å². The van der Waals surface area contributed by atoms with Crippen LogP contribution >= 0.6 is 11.8 Å². The van der Waals surface area contributed by atoms with E-state index in [4.69, 9.17) is 0 Å². The summed E-state index contributed by atoms with van der Waals surface area (Å²) >= 11 is 2.28. The standard InChI is InChI=1S/C21H42S/c1-2-3-4-5-6-7-8-9-10-11-12-13-17-20-22-21-18-15-14-16-19-21/h21H,2-20H2,1H3. The topological polar surface area (TPSA) is 0 Å². The number of hydrogen-bond donors (Lipinski definition) is 0. The molecule has 0 N–H and O–H groups in total. The summed E-state index contributed by atoms with van der Waals surface area (Å²) in [4.78, 5) is 0. The first kappa shape index (κ1) is 20.4. The summed E-state index contributed by atoms with van der Waals surface area (Å²) in [6.07, 6.45) is 26.6. The van der Waals surface area contributed by atoms with E-state index in [-0.39, 0.29) is 0 Å². The van der Waals surface area contributed by atoms with Gasteiger partial charge in [-0.05, 0) is 25.0 Å². The lowest BCUT2D eigenvalue weighted by atomic mass is 10.0. The molecule has 0 atom stereocenters. The van der Waals surface area contributed by atoms with Crippen molar-refractivity contribution in [2.75, 3.05) is 5.75 Å². The van der Waals surface area contributed by atoms with Gasteiger partial charge < -0.3 is 0 Å². The Hall–Kier alpha value is 0.350. The number of thioether (sulfide) groups is 1. The first-order valence-corrected chi connectivity index (χ1v) is 11.6. The van der Waals surface area contributed by atoms with Gasteiger partial charge in [-0.25, -0.2) is 0 Å². The molecule has 0 unspecified atom stereocenters. The second-order valence-electron chi connectivity index (χ2n) is 7.37. The van der Waals surface area contributed by atoms with E-state index in [1.807, 2.05) is 0 Å². The normalized spacial score (nSPS) is 16.2. The van der Waals surface area contributed by atoms with Crippen molar-refractivity contribution in [3.05, 3.63) is 0 Å². The van der Waals surface area contributed by atoms with Crippen LogP contribution in [0.1, 0.15) is 122 Å². The van der Waals surface area contributed by atoms with Crippen molar-refractivity contribution in [3.8, 4) is 0 Å². The Labute approximate surface area is 145 Å². The molecule has 0 heterocycles. The van der Waals surface area contributed by atoms with E-state index < -0.39 is 0 Å². The highest BCUT2D eigenvalue weighted by molar-refractivity contribution is 7.99. The fourth-order valence-electron chi connectivity index (χ4n) is 3.60. The largest absolute Gasteiger partial charge is 0.159 e. The van der Waals surface area contributed by atoms with Crippen molar-refractivity contribution in [2.45, 2.75) is 128 Å². The summed E-state index contributed by atoms with van der Waals surface area (Å²) in [5.41, 5.74) is 0. The predicted octanol–water partition coefficient (Wildman–Crippen LogP) is 8.14. The van der Waals surface area contributed by atoms with Crippen LogP contribution in [0.15, 0.2) is 0 Å². The highest BCUT2D eigenvalue weighted by Gasteiger charge is 2.12. The molecule has 132 valence electrons. The highest BCUT2D eigenvalue weighted by Crippen LogP contribution is 2.28. The predicted molar refractivity (Wildman–Crippen MR) is 105 cm³/mol. The van der Waals surface area contributed by atoms with Crippen molar-refractivity contribution in [1.29, 1.82) is 0 Å². The summed E-state index contributed by atoms with van der Waals surface area (Å²) < 4.78 is 0. The molecule has 0 aromatic rings. The molecule has 0 bridgehead atoms. The Morgan fingerprint density at radius 1 is 0.591 bits per heavy atom. The van der Waals surface area contributed by atoms with Gasteiger partial charge in [0, 0.05) is 5.25 Å². The Morgan fingerprint density at radius 2 is 1.05 bits per heavy atom. The van der Waals surface area contributed by atoms with Gasteiger partial charge in [0.15, 0.2) is 0 Å². The number of unbranched alkanes of at least 4 members (excludes halogenated alkanes) is 12. The molecule has 22 heavy (non-hydrogen) atoms. The molecule has 1 heteroatoms. The van der Waals surface area contributed by atoms with E-state index in [0.29, 0.717) is 0 Å². The molecule has 0 nitrogen and oxygen atoms in total. The first-order chi connectivity index (χ1) is 10.9. The first-order valence-electron chi connectivity index (χ1n) is 10.5. The summed E-state index contributed by atoms with van der Waals surface area (Å²) in [7, 11) is 0. The maximum absolute atomic E-state index is 2.30. The molecule has 1 rings (SSSR count). The van der Waals surface area contributed by atoms with Gasteiger partial charge in [-0.15, -0.1) is 0 Å². The van der Waals surface area contributed by atoms with Crippen LogP contribution < -0.4 is 0 Å². The zero-order valence-electron chi connectivity index (χ0n) is 15.4.